The zero-order valence-corrected chi connectivity index (χ0v) is 14.8. The van der Waals surface area contributed by atoms with Gasteiger partial charge >= 0.3 is 0 Å². The van der Waals surface area contributed by atoms with Crippen LogP contribution in [0.25, 0.3) is 11.1 Å². The normalized spacial score (nSPS) is 16.2. The summed E-state index contributed by atoms with van der Waals surface area (Å²) >= 11 is 0. The summed E-state index contributed by atoms with van der Waals surface area (Å²) in [6.45, 7) is 5.65. The van der Waals surface area contributed by atoms with Crippen LogP contribution in [0.5, 0.6) is 5.75 Å². The van der Waals surface area contributed by atoms with Gasteiger partial charge in [-0.15, -0.1) is 0 Å². The molecule has 128 valence electrons. The number of methoxy groups -OCH3 is 1. The molecule has 0 saturated carbocycles. The molecule has 0 aromatic heterocycles. The Labute approximate surface area is 144 Å². The maximum Gasteiger partial charge on any atom is 0.119 e. The van der Waals surface area contributed by atoms with Crippen LogP contribution in [0.15, 0.2) is 30.3 Å². The van der Waals surface area contributed by atoms with E-state index in [2.05, 4.69) is 44.2 Å². The summed E-state index contributed by atoms with van der Waals surface area (Å²) in [4.78, 5) is 0. The van der Waals surface area contributed by atoms with Gasteiger partial charge in [-0.2, -0.15) is 0 Å². The van der Waals surface area contributed by atoms with E-state index in [4.69, 9.17) is 9.47 Å². The number of fused-ring (bicyclic) bond motifs is 1. The van der Waals surface area contributed by atoms with Crippen LogP contribution in [0.4, 0.5) is 0 Å². The first kappa shape index (κ1) is 17.0. The third kappa shape index (κ3) is 3.33. The van der Waals surface area contributed by atoms with Gasteiger partial charge in [0, 0.05) is 20.1 Å². The molecule has 0 fully saturated rings. The predicted octanol–water partition coefficient (Wildman–Crippen LogP) is 4.37. The Balaban J connectivity index is 1.90. The smallest absolute Gasteiger partial charge is 0.119 e. The molecule has 1 N–H and O–H groups in total. The number of hydrogen-bond donors (Lipinski definition) is 1. The number of rotatable bonds is 6. The SMILES string of the molecule is COCCCOc1cc(C)c(-c2cccc3c2CC[C@H]3O)c(C)c1. The average Bonchev–Trinajstić information content (AvgIpc) is 2.93. The number of hydrogen-bond acceptors (Lipinski definition) is 3. The van der Waals surface area contributed by atoms with E-state index >= 15 is 0 Å². The largest absolute Gasteiger partial charge is 0.493 e. The van der Waals surface area contributed by atoms with Crippen LogP contribution in [0, 0.1) is 13.8 Å². The molecule has 2 aromatic carbocycles. The molecule has 2 aromatic rings. The highest BCUT2D eigenvalue weighted by atomic mass is 16.5. The van der Waals surface area contributed by atoms with Crippen molar-refractivity contribution in [2.24, 2.45) is 0 Å². The molecule has 1 aliphatic rings. The van der Waals surface area contributed by atoms with Crippen molar-refractivity contribution in [1.29, 1.82) is 0 Å². The Morgan fingerprint density at radius 3 is 2.58 bits per heavy atom. The van der Waals surface area contributed by atoms with E-state index in [-0.39, 0.29) is 6.10 Å². The third-order valence-electron chi connectivity index (χ3n) is 4.78. The standard InChI is InChI=1S/C21H26O3/c1-14-12-16(24-11-5-10-23-3)13-15(2)21(14)19-7-4-6-18-17(19)8-9-20(18)22/h4,6-7,12-13,20,22H,5,8-11H2,1-3H3/t20-/m1/s1. The quantitative estimate of drug-likeness (QED) is 0.801. The lowest BCUT2D eigenvalue weighted by molar-refractivity contribution is 0.172. The molecule has 0 spiro atoms. The summed E-state index contributed by atoms with van der Waals surface area (Å²) in [5.41, 5.74) is 7.34. The highest BCUT2D eigenvalue weighted by Crippen LogP contribution is 2.40. The van der Waals surface area contributed by atoms with Gasteiger partial charge in [0.2, 0.25) is 0 Å². The van der Waals surface area contributed by atoms with Gasteiger partial charge in [0.15, 0.2) is 0 Å². The molecule has 24 heavy (non-hydrogen) atoms. The summed E-state index contributed by atoms with van der Waals surface area (Å²) in [6, 6.07) is 10.5. The van der Waals surface area contributed by atoms with E-state index < -0.39 is 0 Å². The Kier molecular flexibility index (Phi) is 5.22. The maximum absolute atomic E-state index is 10.1. The van der Waals surface area contributed by atoms with E-state index in [9.17, 15) is 5.11 Å². The first-order chi connectivity index (χ1) is 11.6. The maximum atomic E-state index is 10.1. The first-order valence-electron chi connectivity index (χ1n) is 8.65. The summed E-state index contributed by atoms with van der Waals surface area (Å²) in [7, 11) is 1.71. The van der Waals surface area contributed by atoms with Crippen molar-refractivity contribution in [3.05, 3.63) is 52.6 Å². The number of aliphatic hydroxyl groups is 1. The second-order valence-corrected chi connectivity index (χ2v) is 6.55. The molecule has 1 atom stereocenters. The van der Waals surface area contributed by atoms with E-state index in [1.54, 1.807) is 7.11 Å². The van der Waals surface area contributed by atoms with Gasteiger partial charge < -0.3 is 14.6 Å². The van der Waals surface area contributed by atoms with Gasteiger partial charge in [0.25, 0.3) is 0 Å². The Morgan fingerprint density at radius 2 is 1.88 bits per heavy atom. The molecule has 3 rings (SSSR count). The van der Waals surface area contributed by atoms with Crippen LogP contribution in [0.2, 0.25) is 0 Å². The van der Waals surface area contributed by atoms with Crippen molar-refractivity contribution < 1.29 is 14.6 Å². The minimum Gasteiger partial charge on any atom is -0.493 e. The monoisotopic (exact) mass is 326 g/mol. The Bertz CT molecular complexity index is 698. The van der Waals surface area contributed by atoms with E-state index in [1.165, 1.54) is 27.8 Å². The molecule has 0 aliphatic heterocycles. The first-order valence-corrected chi connectivity index (χ1v) is 8.65. The minimum absolute atomic E-state index is 0.316. The number of ether oxygens (including phenoxy) is 2. The molecule has 0 amide bonds. The lowest BCUT2D eigenvalue weighted by Gasteiger charge is -2.17. The number of benzene rings is 2. The average molecular weight is 326 g/mol. The lowest BCUT2D eigenvalue weighted by Crippen LogP contribution is -2.02. The third-order valence-corrected chi connectivity index (χ3v) is 4.78. The van der Waals surface area contributed by atoms with Gasteiger partial charge in [0.05, 0.1) is 12.7 Å². The molecule has 1 aliphatic carbocycles. The minimum atomic E-state index is -0.316. The van der Waals surface area contributed by atoms with Crippen LogP contribution in [-0.4, -0.2) is 25.4 Å². The number of aliphatic hydroxyl groups excluding tert-OH is 1. The van der Waals surface area contributed by atoms with Crippen molar-refractivity contribution in [1.82, 2.24) is 0 Å². The predicted molar refractivity (Wildman–Crippen MR) is 96.6 cm³/mol. The molecule has 3 heteroatoms. The van der Waals surface area contributed by atoms with Crippen LogP contribution in [0.1, 0.15) is 41.2 Å². The van der Waals surface area contributed by atoms with Gasteiger partial charge in [-0.05, 0) is 72.2 Å². The van der Waals surface area contributed by atoms with Gasteiger partial charge in [-0.3, -0.25) is 0 Å². The van der Waals surface area contributed by atoms with Gasteiger partial charge in [-0.1, -0.05) is 18.2 Å². The van der Waals surface area contributed by atoms with Crippen molar-refractivity contribution in [2.75, 3.05) is 20.3 Å². The fraction of sp³-hybridized carbons (Fsp3) is 0.429. The summed E-state index contributed by atoms with van der Waals surface area (Å²) < 4.78 is 10.9. The van der Waals surface area contributed by atoms with Crippen molar-refractivity contribution >= 4 is 0 Å². The van der Waals surface area contributed by atoms with E-state index in [0.717, 1.165) is 30.6 Å². The zero-order chi connectivity index (χ0) is 17.1. The summed E-state index contributed by atoms with van der Waals surface area (Å²) in [5.74, 6) is 0.914. The Hall–Kier alpha value is -1.84. The van der Waals surface area contributed by atoms with Crippen LogP contribution in [0.3, 0.4) is 0 Å². The molecule has 3 nitrogen and oxygen atoms in total. The van der Waals surface area contributed by atoms with Crippen LogP contribution in [-0.2, 0) is 11.2 Å². The molecule has 0 bridgehead atoms. The van der Waals surface area contributed by atoms with Crippen LogP contribution >= 0.6 is 0 Å². The fourth-order valence-corrected chi connectivity index (χ4v) is 3.69. The molecular formula is C21H26O3. The van der Waals surface area contributed by atoms with E-state index in [1.807, 2.05) is 0 Å². The van der Waals surface area contributed by atoms with E-state index in [0.29, 0.717) is 13.2 Å². The lowest BCUT2D eigenvalue weighted by atomic mass is 9.90. The molecule has 0 unspecified atom stereocenters. The van der Waals surface area contributed by atoms with Crippen molar-refractivity contribution in [3.63, 3.8) is 0 Å². The summed E-state index contributed by atoms with van der Waals surface area (Å²) in [6.07, 6.45) is 2.34. The fourth-order valence-electron chi connectivity index (χ4n) is 3.69. The van der Waals surface area contributed by atoms with Gasteiger partial charge in [-0.25, -0.2) is 0 Å². The second-order valence-electron chi connectivity index (χ2n) is 6.55. The zero-order valence-electron chi connectivity index (χ0n) is 14.8. The molecule has 0 heterocycles. The van der Waals surface area contributed by atoms with Gasteiger partial charge in [0.1, 0.15) is 5.75 Å². The topological polar surface area (TPSA) is 38.7 Å². The number of aryl methyl sites for hydroxylation is 2. The second kappa shape index (κ2) is 7.37. The summed E-state index contributed by atoms with van der Waals surface area (Å²) in [5, 5.41) is 10.1. The molecule has 0 saturated heterocycles. The molecular weight excluding hydrogens is 300 g/mol. The van der Waals surface area contributed by atoms with Crippen molar-refractivity contribution in [2.45, 2.75) is 39.2 Å². The van der Waals surface area contributed by atoms with Crippen molar-refractivity contribution in [3.8, 4) is 16.9 Å². The highest BCUT2D eigenvalue weighted by Gasteiger charge is 2.24. The molecule has 0 radical (unpaired) electrons. The van der Waals surface area contributed by atoms with Crippen LogP contribution < -0.4 is 4.74 Å². The highest BCUT2D eigenvalue weighted by molar-refractivity contribution is 5.76. The Morgan fingerprint density at radius 1 is 1.12 bits per heavy atom.